The van der Waals surface area contributed by atoms with Crippen molar-refractivity contribution in [3.05, 3.63) is 41.4 Å². The van der Waals surface area contributed by atoms with E-state index in [-0.39, 0.29) is 26.9 Å². The Kier molecular flexibility index (Phi) is 9.05. The van der Waals surface area contributed by atoms with Gasteiger partial charge in [0.25, 0.3) is 0 Å². The number of thioether (sulfide) groups is 1. The molecule has 1 N–H and O–H groups in total. The summed E-state index contributed by atoms with van der Waals surface area (Å²) in [5, 5.41) is 12.6. The number of benzene rings is 1. The van der Waals surface area contributed by atoms with Crippen LogP contribution in [-0.2, 0) is 15.7 Å². The average Bonchev–Trinajstić information content (AvgIpc) is 2.95. The summed E-state index contributed by atoms with van der Waals surface area (Å²) < 4.78 is 28.5. The molecule has 1 aliphatic heterocycles. The molecule has 2 rings (SSSR count). The summed E-state index contributed by atoms with van der Waals surface area (Å²) in [6.45, 7) is 9.98. The second kappa shape index (κ2) is 9.95. The van der Waals surface area contributed by atoms with Crippen molar-refractivity contribution in [2.24, 2.45) is 0 Å². The van der Waals surface area contributed by atoms with Crippen LogP contribution < -0.4 is 17.0 Å². The molecule has 10 heteroatoms. The van der Waals surface area contributed by atoms with Gasteiger partial charge in [0.1, 0.15) is 11.4 Å². The Hall–Kier alpha value is -0.580. The predicted octanol–water partition coefficient (Wildman–Crippen LogP) is -0.617. The van der Waals surface area contributed by atoms with Crippen LogP contribution in [0, 0.1) is 0 Å². The fraction of sp³-hybridized carbons (Fsp3) is 0.500. The molecule has 0 aromatic heterocycles. The van der Waals surface area contributed by atoms with Gasteiger partial charge in [-0.15, -0.1) is 0 Å². The zero-order chi connectivity index (χ0) is 20.4. The van der Waals surface area contributed by atoms with E-state index in [9.17, 15) is 13.5 Å². The number of nitrogens with zero attached hydrogens (tertiary/aromatic N) is 3. The summed E-state index contributed by atoms with van der Waals surface area (Å²) >= 11 is 7.71. The lowest BCUT2D eigenvalue weighted by atomic mass is 10.0. The van der Waals surface area contributed by atoms with E-state index in [1.165, 1.54) is 26.2 Å². The number of amidine groups is 1. The van der Waals surface area contributed by atoms with Gasteiger partial charge >= 0.3 is 5.17 Å². The van der Waals surface area contributed by atoms with Crippen molar-refractivity contribution >= 4 is 38.6 Å². The van der Waals surface area contributed by atoms with Crippen LogP contribution >= 0.6 is 23.4 Å². The number of rotatable bonds is 7. The first-order chi connectivity index (χ1) is 12.6. The maximum absolute atomic E-state index is 12.6. The van der Waals surface area contributed by atoms with Crippen molar-refractivity contribution in [2.45, 2.75) is 24.5 Å². The molecule has 1 saturated heterocycles. The van der Waals surface area contributed by atoms with E-state index >= 15 is 0 Å². The van der Waals surface area contributed by atoms with Crippen molar-refractivity contribution in [2.75, 3.05) is 39.5 Å². The van der Waals surface area contributed by atoms with Crippen LogP contribution in [0.15, 0.2) is 35.7 Å². The average molecular weight is 513 g/mol. The molecule has 6 nitrogen and oxygen atoms in total. The molecule has 0 amide bonds. The highest BCUT2D eigenvalue weighted by molar-refractivity contribution is 8.13. The number of hydrogen-bond donors (Lipinski definition) is 1. The van der Waals surface area contributed by atoms with E-state index in [4.69, 9.17) is 11.6 Å². The summed E-state index contributed by atoms with van der Waals surface area (Å²) in [6, 6.07) is 4.68. The van der Waals surface area contributed by atoms with Crippen LogP contribution in [0.3, 0.4) is 0 Å². The molecule has 158 valence electrons. The van der Waals surface area contributed by atoms with Gasteiger partial charge < -0.3 is 22.1 Å². The Morgan fingerprint density at radius 3 is 2.50 bits per heavy atom. The largest absolute Gasteiger partial charge is 1.00 e. The highest BCUT2D eigenvalue weighted by Crippen LogP contribution is 2.40. The minimum atomic E-state index is -3.73. The van der Waals surface area contributed by atoms with Gasteiger partial charge in [0.2, 0.25) is 15.7 Å². The van der Waals surface area contributed by atoms with Crippen LogP contribution in [0.5, 0.6) is 0 Å². The molecule has 0 saturated carbocycles. The molecule has 0 spiro atoms. The van der Waals surface area contributed by atoms with E-state index in [0.29, 0.717) is 17.9 Å². The maximum atomic E-state index is 12.6. The highest BCUT2D eigenvalue weighted by atomic mass is 79.9. The lowest BCUT2D eigenvalue weighted by molar-refractivity contribution is -0.523. The molecule has 0 aliphatic carbocycles. The fourth-order valence-corrected chi connectivity index (χ4v) is 5.85. The molecule has 1 heterocycles. The Labute approximate surface area is 187 Å². The molecule has 1 aliphatic rings. The standard InChI is InChI=1S/C18H27ClN3O3S2.BrH/c1-6-11-22-17(21(7-2)8-3)26-13-18(22,23)14-9-10-15(19)16(12-14)27(24,25)20(4)5;/h6,9-10,12,23H,1,7-8,11,13H2,2-5H3;1H/q+1;/p-1. The first-order valence-corrected chi connectivity index (χ1v) is 11.5. The molecule has 1 fully saturated rings. The fourth-order valence-electron chi connectivity index (χ4n) is 2.98. The van der Waals surface area contributed by atoms with Crippen molar-refractivity contribution in [1.29, 1.82) is 0 Å². The van der Waals surface area contributed by atoms with Gasteiger partial charge in [0.15, 0.2) is 0 Å². The molecule has 1 aromatic rings. The second-order valence-electron chi connectivity index (χ2n) is 6.39. The van der Waals surface area contributed by atoms with Gasteiger partial charge in [-0.1, -0.05) is 30.3 Å². The van der Waals surface area contributed by atoms with Crippen molar-refractivity contribution in [3.8, 4) is 0 Å². The molecule has 1 unspecified atom stereocenters. The predicted molar refractivity (Wildman–Crippen MR) is 112 cm³/mol. The summed E-state index contributed by atoms with van der Waals surface area (Å²) in [4.78, 5) is 1.85. The summed E-state index contributed by atoms with van der Waals surface area (Å²) in [6.07, 6.45) is 1.73. The first kappa shape index (κ1) is 25.5. The molecule has 0 radical (unpaired) electrons. The van der Waals surface area contributed by atoms with Gasteiger partial charge in [-0.3, -0.25) is 4.58 Å². The number of sulfonamides is 1. The Bertz CT molecular complexity index is 856. The Morgan fingerprint density at radius 1 is 1.39 bits per heavy atom. The van der Waals surface area contributed by atoms with Crippen LogP contribution in [0.2, 0.25) is 5.02 Å². The van der Waals surface area contributed by atoms with E-state index in [2.05, 4.69) is 25.0 Å². The minimum absolute atomic E-state index is 0. The van der Waals surface area contributed by atoms with Gasteiger partial charge in [0.05, 0.1) is 23.9 Å². The molecular formula is C18H27BrClN3O3S2. The van der Waals surface area contributed by atoms with E-state index in [1.807, 2.05) is 4.90 Å². The maximum Gasteiger partial charge on any atom is 0.311 e. The monoisotopic (exact) mass is 511 g/mol. The van der Waals surface area contributed by atoms with Crippen LogP contribution in [-0.4, -0.2) is 72.0 Å². The Balaban J connectivity index is 0.00000392. The second-order valence-corrected chi connectivity index (χ2v) is 9.86. The van der Waals surface area contributed by atoms with E-state index < -0.39 is 15.7 Å². The first-order valence-electron chi connectivity index (χ1n) is 8.71. The molecule has 0 bridgehead atoms. The number of aliphatic hydroxyl groups is 1. The van der Waals surface area contributed by atoms with Gasteiger partial charge in [-0.2, -0.15) is 0 Å². The summed E-state index contributed by atoms with van der Waals surface area (Å²) in [7, 11) is -0.822. The topological polar surface area (TPSA) is 63.9 Å². The normalized spacial score (nSPS) is 19.7. The third-order valence-corrected chi connectivity index (χ3v) is 8.16. The highest BCUT2D eigenvalue weighted by Gasteiger charge is 2.51. The quantitative estimate of drug-likeness (QED) is 0.390. The van der Waals surface area contributed by atoms with Crippen molar-refractivity contribution < 1.29 is 35.1 Å². The molecule has 1 aromatic carbocycles. The van der Waals surface area contributed by atoms with Crippen molar-refractivity contribution in [1.82, 2.24) is 9.21 Å². The molecule has 1 atom stereocenters. The van der Waals surface area contributed by atoms with E-state index in [0.717, 1.165) is 22.6 Å². The van der Waals surface area contributed by atoms with Gasteiger partial charge in [-0.05, 0) is 37.7 Å². The Morgan fingerprint density at radius 2 is 2.00 bits per heavy atom. The zero-order valence-corrected chi connectivity index (χ0v) is 20.5. The third kappa shape index (κ3) is 4.60. The van der Waals surface area contributed by atoms with E-state index in [1.54, 1.807) is 23.9 Å². The van der Waals surface area contributed by atoms with Crippen LogP contribution in [0.4, 0.5) is 0 Å². The molecular weight excluding hydrogens is 486 g/mol. The number of halogens is 2. The SMILES string of the molecule is C=CCN1C(=[N+](CC)CC)SCC1(O)c1ccc(Cl)c(S(=O)(=O)N(C)C)c1.[Br-]. The molecule has 28 heavy (non-hydrogen) atoms. The van der Waals surface area contributed by atoms with Gasteiger partial charge in [-0.25, -0.2) is 17.6 Å². The lowest BCUT2D eigenvalue weighted by Gasteiger charge is -2.29. The zero-order valence-electron chi connectivity index (χ0n) is 16.5. The number of hydrogen-bond acceptors (Lipinski definition) is 4. The minimum Gasteiger partial charge on any atom is -1.00 e. The van der Waals surface area contributed by atoms with Crippen LogP contribution in [0.25, 0.3) is 0 Å². The van der Waals surface area contributed by atoms with Crippen LogP contribution in [0.1, 0.15) is 19.4 Å². The summed E-state index contributed by atoms with van der Waals surface area (Å²) in [5.41, 5.74) is -0.860. The third-order valence-electron chi connectivity index (χ3n) is 4.58. The lowest BCUT2D eigenvalue weighted by Crippen LogP contribution is -3.00. The van der Waals surface area contributed by atoms with Gasteiger partial charge in [0, 0.05) is 19.7 Å². The van der Waals surface area contributed by atoms with Crippen molar-refractivity contribution in [3.63, 3.8) is 0 Å². The smallest absolute Gasteiger partial charge is 0.311 e. The summed E-state index contributed by atoms with van der Waals surface area (Å²) in [5.74, 6) is 0.385.